The minimum Gasteiger partial charge on any atom is -0.323 e. The number of aromatic nitrogens is 1. The lowest BCUT2D eigenvalue weighted by Gasteiger charge is -2.10. The number of likely N-dealkylation sites (tertiary alicyclic amines) is 1. The minimum absolute atomic E-state index is 0.105. The van der Waals surface area contributed by atoms with Gasteiger partial charge < -0.3 is 4.90 Å². The number of hydrogen-bond acceptors (Lipinski definition) is 3. The number of thiazole rings is 1. The number of thiophene rings is 1. The van der Waals surface area contributed by atoms with Gasteiger partial charge in [0.25, 0.3) is 0 Å². The van der Waals surface area contributed by atoms with Gasteiger partial charge in [0.15, 0.2) is 4.80 Å². The summed E-state index contributed by atoms with van der Waals surface area (Å²) in [6, 6.07) is 4.06. The van der Waals surface area contributed by atoms with Gasteiger partial charge in [0.05, 0.1) is 0 Å². The summed E-state index contributed by atoms with van der Waals surface area (Å²) in [6.07, 6.45) is 4.23. The van der Waals surface area contributed by atoms with Gasteiger partial charge in [0.1, 0.15) is 5.00 Å². The Morgan fingerprint density at radius 1 is 1.15 bits per heavy atom. The zero-order chi connectivity index (χ0) is 14.1. The molecule has 2 amide bonds. The van der Waals surface area contributed by atoms with Crippen LogP contribution in [0.3, 0.4) is 0 Å². The van der Waals surface area contributed by atoms with Gasteiger partial charge in [-0.1, -0.05) is 0 Å². The number of aryl methyl sites for hydroxylation is 2. The summed E-state index contributed by atoms with van der Waals surface area (Å²) in [7, 11) is 0. The highest BCUT2D eigenvalue weighted by Crippen LogP contribution is 2.20. The second-order valence-electron chi connectivity index (χ2n) is 4.97. The Morgan fingerprint density at radius 3 is 2.55 bits per heavy atom. The summed E-state index contributed by atoms with van der Waals surface area (Å²) in [4.78, 5) is 21.5. The first-order valence-corrected chi connectivity index (χ1v) is 8.36. The van der Waals surface area contributed by atoms with Crippen LogP contribution < -0.4 is 4.80 Å². The largest absolute Gasteiger partial charge is 0.346 e. The topological polar surface area (TPSA) is 37.6 Å². The van der Waals surface area contributed by atoms with E-state index in [0.29, 0.717) is 0 Å². The van der Waals surface area contributed by atoms with Gasteiger partial charge in [0, 0.05) is 29.0 Å². The van der Waals surface area contributed by atoms with Crippen molar-refractivity contribution in [1.82, 2.24) is 9.47 Å². The third-order valence-electron chi connectivity index (χ3n) is 3.30. The maximum Gasteiger partial charge on any atom is 0.346 e. The molecule has 20 heavy (non-hydrogen) atoms. The average Bonchev–Trinajstić information content (AvgIpc) is 3.10. The Labute approximate surface area is 126 Å². The van der Waals surface area contributed by atoms with Gasteiger partial charge >= 0.3 is 6.03 Å². The fraction of sp³-hybridized carbons (Fsp3) is 0.429. The summed E-state index contributed by atoms with van der Waals surface area (Å²) in [5, 5.41) is 1.11. The van der Waals surface area contributed by atoms with Crippen LogP contribution in [-0.4, -0.2) is 28.6 Å². The maximum absolute atomic E-state index is 12.2. The monoisotopic (exact) mass is 307 g/mol. The van der Waals surface area contributed by atoms with E-state index in [1.807, 2.05) is 22.6 Å². The number of rotatable bonds is 1. The molecule has 3 rings (SSSR count). The predicted octanol–water partition coefficient (Wildman–Crippen LogP) is 3.33. The highest BCUT2D eigenvalue weighted by atomic mass is 32.1. The summed E-state index contributed by atoms with van der Waals surface area (Å²) in [6.45, 7) is 5.80. The second-order valence-corrected chi connectivity index (χ2v) is 7.45. The van der Waals surface area contributed by atoms with Crippen molar-refractivity contribution in [2.24, 2.45) is 4.99 Å². The van der Waals surface area contributed by atoms with Crippen LogP contribution in [0.25, 0.3) is 5.00 Å². The number of hydrogen-bond donors (Lipinski definition) is 0. The Hall–Kier alpha value is -1.40. The lowest BCUT2D eigenvalue weighted by molar-refractivity contribution is 0.218. The molecule has 0 saturated carbocycles. The second kappa shape index (κ2) is 5.54. The SMILES string of the molecule is Cc1ccc(-n2cc(C)s/c2=N\C(=O)N2CCCC2)s1. The average molecular weight is 307 g/mol. The molecule has 1 saturated heterocycles. The summed E-state index contributed by atoms with van der Waals surface area (Å²) < 4.78 is 2.02. The summed E-state index contributed by atoms with van der Waals surface area (Å²) in [5.74, 6) is 0. The molecule has 3 heterocycles. The van der Waals surface area contributed by atoms with Crippen LogP contribution in [0.2, 0.25) is 0 Å². The number of urea groups is 1. The lowest BCUT2D eigenvalue weighted by atomic mass is 10.4. The minimum atomic E-state index is -0.105. The maximum atomic E-state index is 12.2. The van der Waals surface area contributed by atoms with Gasteiger partial charge in [-0.3, -0.25) is 4.57 Å². The van der Waals surface area contributed by atoms with Crippen LogP contribution >= 0.6 is 22.7 Å². The molecule has 106 valence electrons. The number of carbonyl (C=O) groups is 1. The third kappa shape index (κ3) is 2.71. The first-order chi connectivity index (χ1) is 9.63. The van der Waals surface area contributed by atoms with Crippen molar-refractivity contribution in [2.45, 2.75) is 26.7 Å². The fourth-order valence-electron chi connectivity index (χ4n) is 2.30. The molecule has 1 aliphatic heterocycles. The van der Waals surface area contributed by atoms with Crippen LogP contribution in [-0.2, 0) is 0 Å². The highest BCUT2D eigenvalue weighted by molar-refractivity contribution is 7.14. The molecule has 0 aromatic carbocycles. The van der Waals surface area contributed by atoms with Gasteiger partial charge in [-0.05, 0) is 38.8 Å². The first-order valence-electron chi connectivity index (χ1n) is 6.73. The van der Waals surface area contributed by atoms with Crippen molar-refractivity contribution >= 4 is 28.7 Å². The van der Waals surface area contributed by atoms with Crippen LogP contribution in [0, 0.1) is 13.8 Å². The van der Waals surface area contributed by atoms with Crippen molar-refractivity contribution in [2.75, 3.05) is 13.1 Å². The van der Waals surface area contributed by atoms with E-state index in [0.717, 1.165) is 40.6 Å². The smallest absolute Gasteiger partial charge is 0.323 e. The van der Waals surface area contributed by atoms with Gasteiger partial charge in [-0.15, -0.1) is 22.7 Å². The van der Waals surface area contributed by atoms with E-state index in [2.05, 4.69) is 24.0 Å². The van der Waals surface area contributed by atoms with E-state index in [4.69, 9.17) is 0 Å². The van der Waals surface area contributed by atoms with Crippen LogP contribution in [0.4, 0.5) is 4.79 Å². The van der Waals surface area contributed by atoms with Crippen molar-refractivity contribution in [1.29, 1.82) is 0 Å². The first kappa shape index (κ1) is 13.6. The highest BCUT2D eigenvalue weighted by Gasteiger charge is 2.17. The van der Waals surface area contributed by atoms with E-state index < -0.39 is 0 Å². The normalized spacial score (nSPS) is 16.1. The van der Waals surface area contributed by atoms with Crippen molar-refractivity contribution in [3.05, 3.63) is 32.9 Å². The molecule has 0 N–H and O–H groups in total. The Balaban J connectivity index is 1.98. The lowest BCUT2D eigenvalue weighted by Crippen LogP contribution is -2.27. The number of amides is 2. The van der Waals surface area contributed by atoms with Crippen LogP contribution in [0.5, 0.6) is 0 Å². The number of carbonyl (C=O) groups excluding carboxylic acids is 1. The van der Waals surface area contributed by atoms with E-state index in [1.54, 1.807) is 22.7 Å². The molecule has 0 unspecified atom stereocenters. The molecule has 1 aliphatic rings. The molecule has 6 heteroatoms. The number of nitrogens with zero attached hydrogens (tertiary/aromatic N) is 3. The van der Waals surface area contributed by atoms with E-state index >= 15 is 0 Å². The van der Waals surface area contributed by atoms with Crippen LogP contribution in [0.15, 0.2) is 23.3 Å². The van der Waals surface area contributed by atoms with Crippen LogP contribution in [0.1, 0.15) is 22.6 Å². The Kier molecular flexibility index (Phi) is 3.76. The van der Waals surface area contributed by atoms with Gasteiger partial charge in [-0.2, -0.15) is 4.99 Å². The molecule has 0 atom stereocenters. The Bertz CT molecular complexity index is 689. The molecule has 1 fully saturated rings. The molecule has 2 aromatic heterocycles. The quantitative estimate of drug-likeness (QED) is 0.796. The molecular formula is C14H17N3OS2. The molecule has 0 spiro atoms. The molecule has 2 aromatic rings. The zero-order valence-electron chi connectivity index (χ0n) is 11.6. The molecule has 4 nitrogen and oxygen atoms in total. The zero-order valence-corrected chi connectivity index (χ0v) is 13.3. The summed E-state index contributed by atoms with van der Waals surface area (Å²) >= 11 is 3.27. The van der Waals surface area contributed by atoms with Crippen molar-refractivity contribution < 1.29 is 4.79 Å². The molecular weight excluding hydrogens is 290 g/mol. The van der Waals surface area contributed by atoms with Crippen molar-refractivity contribution in [3.63, 3.8) is 0 Å². The van der Waals surface area contributed by atoms with Crippen molar-refractivity contribution in [3.8, 4) is 5.00 Å². The fourth-order valence-corrected chi connectivity index (χ4v) is 4.02. The van der Waals surface area contributed by atoms with E-state index in [1.165, 1.54) is 4.88 Å². The van der Waals surface area contributed by atoms with Gasteiger partial charge in [-0.25, -0.2) is 4.79 Å². The molecule has 0 radical (unpaired) electrons. The molecule has 0 aliphatic carbocycles. The Morgan fingerprint density at radius 2 is 1.90 bits per heavy atom. The molecule has 0 bridgehead atoms. The van der Waals surface area contributed by atoms with E-state index in [-0.39, 0.29) is 6.03 Å². The standard InChI is InChI=1S/C14H17N3OS2/c1-10-5-6-12(19-10)17-9-11(2)20-14(17)15-13(18)16-7-3-4-8-16/h5-6,9H,3-4,7-8H2,1-2H3/b15-14-. The summed E-state index contributed by atoms with van der Waals surface area (Å²) in [5.41, 5.74) is 0. The predicted molar refractivity (Wildman–Crippen MR) is 82.8 cm³/mol. The van der Waals surface area contributed by atoms with E-state index in [9.17, 15) is 4.79 Å². The van der Waals surface area contributed by atoms with Gasteiger partial charge in [0.2, 0.25) is 0 Å². The third-order valence-corrected chi connectivity index (χ3v) is 5.20.